The Balaban J connectivity index is 1.37. The standard InChI is InChI=1S/C26H18N4O2S/c31-25(29-30-26(32)24-14-13-23(33-24)21-12-6-7-15-27-21)19-16-22(17-8-2-1-3-9-17)28-20-11-5-4-10-18(19)20/h1-16H,(H,29,31)(H,30,32). The third-order valence-corrected chi connectivity index (χ3v) is 6.17. The summed E-state index contributed by atoms with van der Waals surface area (Å²) < 4.78 is 0. The van der Waals surface area contributed by atoms with Crippen LogP contribution in [0.5, 0.6) is 0 Å². The molecule has 0 aliphatic rings. The van der Waals surface area contributed by atoms with E-state index in [4.69, 9.17) is 4.98 Å². The molecule has 0 atom stereocenters. The van der Waals surface area contributed by atoms with Crippen molar-refractivity contribution in [1.82, 2.24) is 20.8 Å². The average molecular weight is 451 g/mol. The van der Waals surface area contributed by atoms with E-state index in [0.717, 1.165) is 16.1 Å². The van der Waals surface area contributed by atoms with Gasteiger partial charge < -0.3 is 0 Å². The predicted octanol–water partition coefficient (Wildman–Crippen LogP) is 5.10. The number of carbonyl (C=O) groups is 2. The Morgan fingerprint density at radius 1 is 0.727 bits per heavy atom. The molecular formula is C26H18N4O2S. The second-order valence-electron chi connectivity index (χ2n) is 7.23. The number of para-hydroxylation sites is 1. The van der Waals surface area contributed by atoms with Gasteiger partial charge in [0.2, 0.25) is 0 Å². The Morgan fingerprint density at radius 3 is 2.30 bits per heavy atom. The molecule has 0 bridgehead atoms. The fourth-order valence-electron chi connectivity index (χ4n) is 3.47. The summed E-state index contributed by atoms with van der Waals surface area (Å²) in [7, 11) is 0. The summed E-state index contributed by atoms with van der Waals surface area (Å²) in [6, 6.07) is 28.0. The highest BCUT2D eigenvalue weighted by Crippen LogP contribution is 2.27. The van der Waals surface area contributed by atoms with Gasteiger partial charge in [-0.1, -0.05) is 54.6 Å². The number of hydrogen-bond acceptors (Lipinski definition) is 5. The molecule has 2 amide bonds. The van der Waals surface area contributed by atoms with Crippen LogP contribution in [0.2, 0.25) is 0 Å². The van der Waals surface area contributed by atoms with Crippen molar-refractivity contribution in [2.24, 2.45) is 0 Å². The number of nitrogens with zero attached hydrogens (tertiary/aromatic N) is 2. The van der Waals surface area contributed by atoms with Gasteiger partial charge in [-0.05, 0) is 36.4 Å². The van der Waals surface area contributed by atoms with Crippen molar-refractivity contribution in [3.8, 4) is 21.8 Å². The van der Waals surface area contributed by atoms with Gasteiger partial charge in [0.25, 0.3) is 11.8 Å². The first-order valence-corrected chi connectivity index (χ1v) is 11.1. The lowest BCUT2D eigenvalue weighted by atomic mass is 10.0. The molecule has 0 spiro atoms. The van der Waals surface area contributed by atoms with E-state index in [1.165, 1.54) is 11.3 Å². The fraction of sp³-hybridized carbons (Fsp3) is 0. The van der Waals surface area contributed by atoms with Gasteiger partial charge >= 0.3 is 0 Å². The maximum atomic E-state index is 13.0. The SMILES string of the molecule is O=C(NNC(=O)c1cc(-c2ccccc2)nc2ccccc12)c1ccc(-c2ccccn2)s1. The Kier molecular flexibility index (Phi) is 5.61. The molecule has 2 N–H and O–H groups in total. The normalized spacial score (nSPS) is 10.7. The van der Waals surface area contributed by atoms with Gasteiger partial charge in [-0.15, -0.1) is 11.3 Å². The van der Waals surface area contributed by atoms with Crippen molar-refractivity contribution in [3.63, 3.8) is 0 Å². The number of carbonyl (C=O) groups excluding carboxylic acids is 2. The van der Waals surface area contributed by atoms with E-state index in [-0.39, 0.29) is 0 Å². The Morgan fingerprint density at radius 2 is 1.48 bits per heavy atom. The highest BCUT2D eigenvalue weighted by atomic mass is 32.1. The Bertz CT molecular complexity index is 1450. The molecule has 0 aliphatic carbocycles. The number of pyridine rings is 2. The van der Waals surface area contributed by atoms with E-state index >= 15 is 0 Å². The van der Waals surface area contributed by atoms with E-state index in [2.05, 4.69) is 15.8 Å². The van der Waals surface area contributed by atoms with E-state index in [0.29, 0.717) is 27.0 Å². The van der Waals surface area contributed by atoms with Crippen LogP contribution in [0.4, 0.5) is 0 Å². The Labute approximate surface area is 193 Å². The third-order valence-electron chi connectivity index (χ3n) is 5.07. The van der Waals surface area contributed by atoms with Crippen LogP contribution in [-0.2, 0) is 0 Å². The van der Waals surface area contributed by atoms with E-state index in [1.54, 1.807) is 18.3 Å². The van der Waals surface area contributed by atoms with Crippen LogP contribution in [0.3, 0.4) is 0 Å². The average Bonchev–Trinajstić information content (AvgIpc) is 3.38. The number of benzene rings is 2. The highest BCUT2D eigenvalue weighted by molar-refractivity contribution is 7.17. The quantitative estimate of drug-likeness (QED) is 0.373. The molecule has 0 fully saturated rings. The van der Waals surface area contributed by atoms with E-state index in [9.17, 15) is 9.59 Å². The summed E-state index contributed by atoms with van der Waals surface area (Å²) in [4.78, 5) is 36.0. The van der Waals surface area contributed by atoms with Crippen molar-refractivity contribution >= 4 is 34.1 Å². The summed E-state index contributed by atoms with van der Waals surface area (Å²) in [6.07, 6.45) is 1.71. The molecule has 33 heavy (non-hydrogen) atoms. The summed E-state index contributed by atoms with van der Waals surface area (Å²) in [5.74, 6) is -0.808. The summed E-state index contributed by atoms with van der Waals surface area (Å²) in [5, 5.41) is 0.706. The van der Waals surface area contributed by atoms with Crippen LogP contribution in [-0.4, -0.2) is 21.8 Å². The number of thiophene rings is 1. The second kappa shape index (κ2) is 9.02. The Hall–Kier alpha value is -4.36. The highest BCUT2D eigenvalue weighted by Gasteiger charge is 2.16. The van der Waals surface area contributed by atoms with Gasteiger partial charge in [0.15, 0.2) is 0 Å². The minimum atomic E-state index is -0.416. The number of fused-ring (bicyclic) bond motifs is 1. The van der Waals surface area contributed by atoms with Crippen molar-refractivity contribution in [2.45, 2.75) is 0 Å². The van der Waals surface area contributed by atoms with Crippen molar-refractivity contribution < 1.29 is 9.59 Å². The zero-order chi connectivity index (χ0) is 22.6. The van der Waals surface area contributed by atoms with Crippen LogP contribution >= 0.6 is 11.3 Å². The van der Waals surface area contributed by atoms with Crippen LogP contribution in [0, 0.1) is 0 Å². The van der Waals surface area contributed by atoms with Crippen LogP contribution in [0.25, 0.3) is 32.7 Å². The summed E-state index contributed by atoms with van der Waals surface area (Å²) in [6.45, 7) is 0. The van der Waals surface area contributed by atoms with Crippen LogP contribution in [0.1, 0.15) is 20.0 Å². The van der Waals surface area contributed by atoms with E-state index < -0.39 is 11.8 Å². The molecule has 0 unspecified atom stereocenters. The first kappa shape index (κ1) is 20.5. The van der Waals surface area contributed by atoms with Gasteiger partial charge in [-0.2, -0.15) is 0 Å². The van der Waals surface area contributed by atoms with Crippen molar-refractivity contribution in [3.05, 3.63) is 108 Å². The van der Waals surface area contributed by atoms with Gasteiger partial charge in [0, 0.05) is 17.1 Å². The number of hydrogen-bond donors (Lipinski definition) is 2. The van der Waals surface area contributed by atoms with Crippen LogP contribution in [0.15, 0.2) is 97.2 Å². The van der Waals surface area contributed by atoms with Gasteiger partial charge in [0.1, 0.15) is 0 Å². The molecule has 0 aliphatic heterocycles. The van der Waals surface area contributed by atoms with Crippen LogP contribution < -0.4 is 10.9 Å². The van der Waals surface area contributed by atoms with Gasteiger partial charge in [-0.25, -0.2) is 4.98 Å². The molecular weight excluding hydrogens is 432 g/mol. The summed E-state index contributed by atoms with van der Waals surface area (Å²) in [5.41, 5.74) is 8.57. The molecule has 2 aromatic carbocycles. The molecule has 5 rings (SSSR count). The number of nitrogens with one attached hydrogen (secondary N) is 2. The fourth-order valence-corrected chi connectivity index (χ4v) is 4.35. The van der Waals surface area contributed by atoms with Gasteiger partial charge in [-0.3, -0.25) is 25.4 Å². The number of amides is 2. The summed E-state index contributed by atoms with van der Waals surface area (Å²) >= 11 is 1.31. The van der Waals surface area contributed by atoms with Gasteiger partial charge in [0.05, 0.1) is 32.2 Å². The monoisotopic (exact) mass is 450 g/mol. The number of aromatic nitrogens is 2. The largest absolute Gasteiger partial charge is 0.279 e. The first-order chi connectivity index (χ1) is 16.2. The van der Waals surface area contributed by atoms with Crippen molar-refractivity contribution in [1.29, 1.82) is 0 Å². The first-order valence-electron chi connectivity index (χ1n) is 10.3. The molecule has 0 saturated heterocycles. The molecule has 7 heteroatoms. The predicted molar refractivity (Wildman–Crippen MR) is 130 cm³/mol. The maximum absolute atomic E-state index is 13.0. The topological polar surface area (TPSA) is 84.0 Å². The molecule has 3 heterocycles. The zero-order valence-corrected chi connectivity index (χ0v) is 18.2. The van der Waals surface area contributed by atoms with E-state index in [1.807, 2.05) is 78.9 Å². The molecule has 0 radical (unpaired) electrons. The lowest BCUT2D eigenvalue weighted by molar-refractivity contribution is 0.0850. The smallest absolute Gasteiger partial charge is 0.267 e. The lowest BCUT2D eigenvalue weighted by Gasteiger charge is -2.11. The minimum Gasteiger partial charge on any atom is -0.267 e. The second-order valence-corrected chi connectivity index (χ2v) is 8.31. The minimum absolute atomic E-state index is 0.392. The molecule has 160 valence electrons. The maximum Gasteiger partial charge on any atom is 0.279 e. The molecule has 5 aromatic rings. The lowest BCUT2D eigenvalue weighted by Crippen LogP contribution is -2.41. The molecule has 0 saturated carbocycles. The molecule has 6 nitrogen and oxygen atoms in total. The van der Waals surface area contributed by atoms with Crippen molar-refractivity contribution in [2.75, 3.05) is 0 Å². The zero-order valence-electron chi connectivity index (χ0n) is 17.4. The number of hydrazine groups is 1. The molecule has 3 aromatic heterocycles. The third kappa shape index (κ3) is 4.35. The number of rotatable bonds is 4.